The fourth-order valence-electron chi connectivity index (χ4n) is 4.50. The molecule has 4 N–H and O–H groups in total. The number of aliphatic hydroxyl groups excluding tert-OH is 2. The van der Waals surface area contributed by atoms with Gasteiger partial charge in [-0.1, -0.05) is 47.7 Å². The van der Waals surface area contributed by atoms with Crippen LogP contribution in [0.15, 0.2) is 54.6 Å². The number of nitrogens with zero attached hydrogens (tertiary/aromatic N) is 3. The maximum absolute atomic E-state index is 9.84. The van der Waals surface area contributed by atoms with Crippen LogP contribution in [0.2, 0.25) is 0 Å². The lowest BCUT2D eigenvalue weighted by molar-refractivity contribution is 0.126. The molecule has 1 saturated carbocycles. The molecule has 0 radical (unpaired) electrons. The Hall–Kier alpha value is -3.07. The smallest absolute Gasteiger partial charge is 0.225 e. The maximum Gasteiger partial charge on any atom is 0.225 e. The van der Waals surface area contributed by atoms with Gasteiger partial charge < -0.3 is 20.8 Å². The van der Waals surface area contributed by atoms with Crippen molar-refractivity contribution < 1.29 is 10.2 Å². The second kappa shape index (κ2) is 11.1. The predicted octanol–water partition coefficient (Wildman–Crippen LogP) is 5.06. The van der Waals surface area contributed by atoms with E-state index in [1.807, 2.05) is 30.3 Å². The van der Waals surface area contributed by atoms with E-state index < -0.39 is 0 Å². The third-order valence-electron chi connectivity index (χ3n) is 6.35. The molecule has 0 saturated heterocycles. The molecule has 0 bridgehead atoms. The quantitative estimate of drug-likeness (QED) is 0.261. The molecule has 0 unspecified atom stereocenters. The van der Waals surface area contributed by atoms with Gasteiger partial charge in [0.15, 0.2) is 5.13 Å². The minimum Gasteiger partial charge on any atom is -0.396 e. The SMILES string of the molecule is OCCCc1ccc2nc(Nc3cc(Cc4ccccc4)nc(N[C@H]4CC[C@H](O)CC4)n3)sc2c1. The van der Waals surface area contributed by atoms with E-state index in [9.17, 15) is 5.11 Å². The largest absolute Gasteiger partial charge is 0.396 e. The Morgan fingerprint density at radius 1 is 0.914 bits per heavy atom. The zero-order valence-corrected chi connectivity index (χ0v) is 20.5. The highest BCUT2D eigenvalue weighted by Gasteiger charge is 2.20. The van der Waals surface area contributed by atoms with E-state index in [0.717, 1.165) is 59.6 Å². The number of hydrogen-bond donors (Lipinski definition) is 4. The van der Waals surface area contributed by atoms with Crippen molar-refractivity contribution in [3.8, 4) is 0 Å². The number of anilines is 3. The van der Waals surface area contributed by atoms with E-state index in [-0.39, 0.29) is 18.8 Å². The molecule has 2 aromatic carbocycles. The van der Waals surface area contributed by atoms with Crippen LogP contribution in [0.25, 0.3) is 10.2 Å². The van der Waals surface area contributed by atoms with Crippen LogP contribution in [0.1, 0.15) is 48.9 Å². The van der Waals surface area contributed by atoms with Gasteiger partial charge >= 0.3 is 0 Å². The Balaban J connectivity index is 1.38. The van der Waals surface area contributed by atoms with Gasteiger partial charge in [0.2, 0.25) is 5.95 Å². The number of aliphatic hydroxyl groups is 2. The number of benzene rings is 2. The molecule has 2 aromatic heterocycles. The van der Waals surface area contributed by atoms with Crippen molar-refractivity contribution in [1.82, 2.24) is 15.0 Å². The number of aryl methyl sites for hydroxylation is 1. The molecule has 4 aromatic rings. The van der Waals surface area contributed by atoms with Gasteiger partial charge in [0.1, 0.15) is 5.82 Å². The van der Waals surface area contributed by atoms with Crippen LogP contribution < -0.4 is 10.6 Å². The molecule has 0 atom stereocenters. The summed E-state index contributed by atoms with van der Waals surface area (Å²) in [6, 6.07) is 18.8. The number of fused-ring (bicyclic) bond motifs is 1. The van der Waals surface area contributed by atoms with Crippen molar-refractivity contribution in [2.24, 2.45) is 0 Å². The van der Waals surface area contributed by atoms with E-state index in [4.69, 9.17) is 20.1 Å². The molecule has 8 heteroatoms. The van der Waals surface area contributed by atoms with Gasteiger partial charge in [-0.05, 0) is 61.8 Å². The topological polar surface area (TPSA) is 103 Å². The van der Waals surface area contributed by atoms with Crippen LogP contribution in [0.3, 0.4) is 0 Å². The first-order chi connectivity index (χ1) is 17.1. The minimum atomic E-state index is -0.196. The average molecular weight is 490 g/mol. The van der Waals surface area contributed by atoms with Gasteiger partial charge in [0, 0.05) is 25.1 Å². The van der Waals surface area contributed by atoms with E-state index in [0.29, 0.717) is 18.2 Å². The first kappa shape index (κ1) is 23.7. The summed E-state index contributed by atoms with van der Waals surface area (Å²) < 4.78 is 1.11. The molecule has 0 aliphatic heterocycles. The van der Waals surface area contributed by atoms with Gasteiger partial charge in [-0.15, -0.1) is 0 Å². The first-order valence-electron chi connectivity index (χ1n) is 12.3. The molecule has 5 rings (SSSR count). The molecule has 1 fully saturated rings. The molecular weight excluding hydrogens is 458 g/mol. The molecule has 182 valence electrons. The number of nitrogens with one attached hydrogen (secondary N) is 2. The van der Waals surface area contributed by atoms with Crippen molar-refractivity contribution in [2.75, 3.05) is 17.2 Å². The summed E-state index contributed by atoms with van der Waals surface area (Å²) in [5.74, 6) is 1.32. The summed E-state index contributed by atoms with van der Waals surface area (Å²) in [5.41, 5.74) is 4.28. The summed E-state index contributed by atoms with van der Waals surface area (Å²) in [6.07, 6.45) is 5.56. The second-order valence-electron chi connectivity index (χ2n) is 9.15. The van der Waals surface area contributed by atoms with Crippen molar-refractivity contribution in [1.29, 1.82) is 0 Å². The molecule has 0 spiro atoms. The highest BCUT2D eigenvalue weighted by Crippen LogP contribution is 2.30. The second-order valence-corrected chi connectivity index (χ2v) is 10.2. The van der Waals surface area contributed by atoms with Crippen LogP contribution in [0.5, 0.6) is 0 Å². The lowest BCUT2D eigenvalue weighted by Crippen LogP contribution is -2.29. The van der Waals surface area contributed by atoms with Crippen molar-refractivity contribution >= 4 is 38.5 Å². The number of rotatable bonds is 9. The molecule has 7 nitrogen and oxygen atoms in total. The normalized spacial score (nSPS) is 18.0. The van der Waals surface area contributed by atoms with Crippen molar-refractivity contribution in [2.45, 2.75) is 57.1 Å². The van der Waals surface area contributed by atoms with Crippen molar-refractivity contribution in [3.05, 3.63) is 71.4 Å². The molecular formula is C27H31N5O2S. The summed E-state index contributed by atoms with van der Waals surface area (Å²) in [5, 5.41) is 26.6. The molecule has 1 aliphatic rings. The zero-order valence-electron chi connectivity index (χ0n) is 19.7. The summed E-state index contributed by atoms with van der Waals surface area (Å²) >= 11 is 1.60. The van der Waals surface area contributed by atoms with Gasteiger partial charge in [0.05, 0.1) is 22.0 Å². The lowest BCUT2D eigenvalue weighted by Gasteiger charge is -2.26. The Bertz CT molecular complexity index is 1260. The number of aromatic nitrogens is 3. The van der Waals surface area contributed by atoms with Crippen LogP contribution in [0, 0.1) is 0 Å². The summed E-state index contributed by atoms with van der Waals surface area (Å²) in [4.78, 5) is 14.3. The molecule has 2 heterocycles. The fraction of sp³-hybridized carbons (Fsp3) is 0.370. The van der Waals surface area contributed by atoms with Crippen LogP contribution >= 0.6 is 11.3 Å². The maximum atomic E-state index is 9.84. The van der Waals surface area contributed by atoms with Crippen LogP contribution in [-0.4, -0.2) is 43.9 Å². The average Bonchev–Trinajstić information content (AvgIpc) is 3.26. The molecule has 0 amide bonds. The van der Waals surface area contributed by atoms with E-state index in [1.165, 1.54) is 11.1 Å². The standard InChI is InChI=1S/C27H31N5O2S/c33-14-4-7-19-8-13-23-24(16-19)35-27(30-23)32-25-17-21(15-18-5-2-1-3-6-18)29-26(31-25)28-20-9-11-22(34)12-10-20/h1-3,5-6,8,13,16-17,20,22,33-34H,4,7,9-12,14-15H2,(H2,28,29,30,31,32)/t20-,22-. The Kier molecular flexibility index (Phi) is 7.51. The van der Waals surface area contributed by atoms with E-state index in [2.05, 4.69) is 34.9 Å². The fourth-order valence-corrected chi connectivity index (χ4v) is 5.43. The molecule has 35 heavy (non-hydrogen) atoms. The van der Waals surface area contributed by atoms with Crippen LogP contribution in [0.4, 0.5) is 16.9 Å². The van der Waals surface area contributed by atoms with E-state index in [1.54, 1.807) is 11.3 Å². The third kappa shape index (κ3) is 6.33. The number of thiazole rings is 1. The zero-order chi connectivity index (χ0) is 24.0. The molecule has 1 aliphatic carbocycles. The van der Waals surface area contributed by atoms with Gasteiger partial charge in [-0.2, -0.15) is 4.98 Å². The summed E-state index contributed by atoms with van der Waals surface area (Å²) in [6.45, 7) is 0.199. The third-order valence-corrected chi connectivity index (χ3v) is 7.28. The van der Waals surface area contributed by atoms with E-state index >= 15 is 0 Å². The minimum absolute atomic E-state index is 0.196. The highest BCUT2D eigenvalue weighted by atomic mass is 32.1. The lowest BCUT2D eigenvalue weighted by atomic mass is 9.93. The van der Waals surface area contributed by atoms with Gasteiger partial charge in [0.25, 0.3) is 0 Å². The van der Waals surface area contributed by atoms with Gasteiger partial charge in [-0.25, -0.2) is 9.97 Å². The van der Waals surface area contributed by atoms with Crippen molar-refractivity contribution in [3.63, 3.8) is 0 Å². The number of hydrogen-bond acceptors (Lipinski definition) is 8. The van der Waals surface area contributed by atoms with Crippen LogP contribution in [-0.2, 0) is 12.8 Å². The Morgan fingerprint density at radius 3 is 2.54 bits per heavy atom. The Morgan fingerprint density at radius 2 is 1.74 bits per heavy atom. The predicted molar refractivity (Wildman–Crippen MR) is 141 cm³/mol. The first-order valence-corrected chi connectivity index (χ1v) is 13.1. The van der Waals surface area contributed by atoms with Gasteiger partial charge in [-0.3, -0.25) is 0 Å². The highest BCUT2D eigenvalue weighted by molar-refractivity contribution is 7.22. The monoisotopic (exact) mass is 489 g/mol. The Labute approximate surface area is 209 Å². The summed E-state index contributed by atoms with van der Waals surface area (Å²) in [7, 11) is 0.